The van der Waals surface area contributed by atoms with E-state index in [9.17, 15) is 24.6 Å². The molecule has 228 valence electrons. The van der Waals surface area contributed by atoms with Crippen LogP contribution in [0.15, 0.2) is 46.3 Å². The Kier molecular flexibility index (Phi) is 6.43. The number of aliphatic hydroxyl groups is 2. The lowest BCUT2D eigenvalue weighted by Gasteiger charge is -2.76. The van der Waals surface area contributed by atoms with Gasteiger partial charge in [0.25, 0.3) is 0 Å². The molecule has 7 rings (SSSR count). The first kappa shape index (κ1) is 29.1. The van der Waals surface area contributed by atoms with E-state index in [2.05, 4.69) is 0 Å². The number of cyclic esters (lactones) is 1. The average Bonchev–Trinajstić information content (AvgIpc) is 3.49. The molecule has 3 aliphatic carbocycles. The van der Waals surface area contributed by atoms with E-state index >= 15 is 0 Å². The number of methoxy groups -OCH3 is 1. The fourth-order valence-electron chi connectivity index (χ4n) is 9.59. The molecule has 0 spiro atoms. The Morgan fingerprint density at radius 2 is 1.95 bits per heavy atom. The number of allylic oxidation sites excluding steroid dienone is 1. The molecule has 6 aliphatic rings. The third kappa shape index (κ3) is 3.51. The molecule has 0 radical (unpaired) electrons. The maximum absolute atomic E-state index is 13.2. The first-order chi connectivity index (χ1) is 19.7. The minimum absolute atomic E-state index is 0.00999. The number of furan rings is 1. The zero-order chi connectivity index (χ0) is 30.5. The molecule has 1 aromatic rings. The lowest BCUT2D eigenvalue weighted by molar-refractivity contribution is -0.460. The normalized spacial score (nSPS) is 45.7. The summed E-state index contributed by atoms with van der Waals surface area (Å²) in [5, 5.41) is 25.5. The van der Waals surface area contributed by atoms with Crippen molar-refractivity contribution in [3.8, 4) is 0 Å². The van der Waals surface area contributed by atoms with Crippen LogP contribution in [0.5, 0.6) is 0 Å². The minimum Gasteiger partial charge on any atom is -0.472 e. The molecule has 3 saturated carbocycles. The highest BCUT2D eigenvalue weighted by Gasteiger charge is 2.82. The highest BCUT2D eigenvalue weighted by molar-refractivity contribution is 5.88. The van der Waals surface area contributed by atoms with Gasteiger partial charge < -0.3 is 33.6 Å². The lowest BCUT2D eigenvalue weighted by Crippen LogP contribution is -2.84. The van der Waals surface area contributed by atoms with Crippen LogP contribution in [-0.4, -0.2) is 59.3 Å². The topological polar surface area (TPSA) is 142 Å². The van der Waals surface area contributed by atoms with E-state index in [0.717, 1.165) is 0 Å². The third-order valence-corrected chi connectivity index (χ3v) is 11.8. The Bertz CT molecular complexity index is 1380. The SMILES string of the molecule is C/C=C(\C)C(=O)O[C@H]1[C@H]2C[C@@]3(O)C4=CC(=O)O[C@H](c5ccoc5)[C@@]4(C)CC[C@H]3[C@]3(C)[C@H](CC(=O)OC)[C@]1(C)CO[C@@]23O. The maximum Gasteiger partial charge on any atom is 0.333 e. The molecule has 0 amide bonds. The summed E-state index contributed by atoms with van der Waals surface area (Å²) in [6, 6.07) is 1.75. The zero-order valence-corrected chi connectivity index (χ0v) is 25.0. The van der Waals surface area contributed by atoms with E-state index in [4.69, 9.17) is 23.4 Å². The summed E-state index contributed by atoms with van der Waals surface area (Å²) in [6.07, 6.45) is 5.44. The van der Waals surface area contributed by atoms with Gasteiger partial charge in [0.2, 0.25) is 0 Å². The first-order valence-electron chi connectivity index (χ1n) is 14.7. The number of fused-ring (bicyclic) bond motifs is 4. The molecule has 10 heteroatoms. The fraction of sp³-hybridized carbons (Fsp3) is 0.656. The highest BCUT2D eigenvalue weighted by atomic mass is 16.6. The molecule has 10 nitrogen and oxygen atoms in total. The fourth-order valence-corrected chi connectivity index (χ4v) is 9.59. The van der Waals surface area contributed by atoms with E-state index in [0.29, 0.717) is 29.6 Å². The maximum atomic E-state index is 13.2. The Morgan fingerprint density at radius 3 is 2.60 bits per heavy atom. The van der Waals surface area contributed by atoms with Crippen molar-refractivity contribution in [1.29, 1.82) is 0 Å². The van der Waals surface area contributed by atoms with Gasteiger partial charge in [-0.2, -0.15) is 0 Å². The second-order valence-corrected chi connectivity index (χ2v) is 13.6. The van der Waals surface area contributed by atoms with Crippen molar-refractivity contribution in [2.75, 3.05) is 13.7 Å². The van der Waals surface area contributed by atoms with Crippen LogP contribution in [0.25, 0.3) is 0 Å². The van der Waals surface area contributed by atoms with Crippen molar-refractivity contribution in [3.63, 3.8) is 0 Å². The highest BCUT2D eigenvalue weighted by Crippen LogP contribution is 2.76. The number of hydrogen-bond donors (Lipinski definition) is 2. The summed E-state index contributed by atoms with van der Waals surface area (Å²) in [7, 11) is 1.31. The van der Waals surface area contributed by atoms with Crippen LogP contribution >= 0.6 is 0 Å². The van der Waals surface area contributed by atoms with E-state index in [1.807, 2.05) is 20.8 Å². The molecule has 2 N–H and O–H groups in total. The molecule has 2 saturated heterocycles. The van der Waals surface area contributed by atoms with Gasteiger partial charge in [-0.05, 0) is 50.7 Å². The number of carbonyl (C=O) groups is 3. The first-order valence-corrected chi connectivity index (χ1v) is 14.7. The van der Waals surface area contributed by atoms with Gasteiger partial charge in [0.05, 0.1) is 37.8 Å². The van der Waals surface area contributed by atoms with Gasteiger partial charge in [-0.3, -0.25) is 4.79 Å². The number of hydrogen-bond acceptors (Lipinski definition) is 10. The van der Waals surface area contributed by atoms with Crippen LogP contribution in [-0.2, 0) is 33.3 Å². The Hall–Kier alpha value is -2.95. The average molecular weight is 585 g/mol. The third-order valence-electron chi connectivity index (χ3n) is 11.8. The van der Waals surface area contributed by atoms with Crippen LogP contribution in [0.4, 0.5) is 0 Å². The smallest absolute Gasteiger partial charge is 0.333 e. The second-order valence-electron chi connectivity index (χ2n) is 13.6. The molecule has 0 unspecified atom stereocenters. The Morgan fingerprint density at radius 1 is 1.21 bits per heavy atom. The van der Waals surface area contributed by atoms with Crippen molar-refractivity contribution >= 4 is 17.9 Å². The van der Waals surface area contributed by atoms with E-state index in [1.54, 1.807) is 32.3 Å². The summed E-state index contributed by atoms with van der Waals surface area (Å²) >= 11 is 0. The molecule has 3 aliphatic heterocycles. The van der Waals surface area contributed by atoms with E-state index in [-0.39, 0.29) is 19.4 Å². The van der Waals surface area contributed by atoms with Crippen LogP contribution < -0.4 is 0 Å². The molecule has 5 fully saturated rings. The molecule has 4 bridgehead atoms. The Balaban J connectivity index is 1.53. The van der Waals surface area contributed by atoms with Crippen molar-refractivity contribution < 1.29 is 48.0 Å². The van der Waals surface area contributed by atoms with Gasteiger partial charge in [-0.25, -0.2) is 9.59 Å². The molecular formula is C32H40O10. The standard InChI is InChI=1S/C32H40O10/c1-7-17(2)27(35)42-26-19-14-31(36)20(30(5)21(12-23(33)38-6)29(26,4)16-40-32(19,30)37)8-10-28(3)22(31)13-24(34)41-25(28)18-9-11-39-15-18/h7,9,11,13,15,19-21,25-26,36-37H,8,10,12,14,16H2,1-6H3/b17-7+/t19-,20+,21-,25-,26+,28+,29+,30-,31+,32+/m1/s1. The summed E-state index contributed by atoms with van der Waals surface area (Å²) < 4.78 is 28.7. The van der Waals surface area contributed by atoms with E-state index < -0.39 is 75.5 Å². The molecule has 1 aromatic heterocycles. The monoisotopic (exact) mass is 584 g/mol. The summed E-state index contributed by atoms with van der Waals surface area (Å²) in [5.74, 6) is -5.43. The van der Waals surface area contributed by atoms with Crippen molar-refractivity contribution in [2.24, 2.45) is 34.0 Å². The minimum atomic E-state index is -1.82. The van der Waals surface area contributed by atoms with Crippen LogP contribution in [0.3, 0.4) is 0 Å². The summed E-state index contributed by atoms with van der Waals surface area (Å²) in [4.78, 5) is 39.2. The molecule has 42 heavy (non-hydrogen) atoms. The van der Waals surface area contributed by atoms with Crippen molar-refractivity contribution in [1.82, 2.24) is 0 Å². The van der Waals surface area contributed by atoms with Crippen molar-refractivity contribution in [3.05, 3.63) is 47.5 Å². The van der Waals surface area contributed by atoms with Crippen LogP contribution in [0, 0.1) is 34.0 Å². The number of ether oxygens (including phenoxy) is 4. The Labute approximate surface area is 245 Å². The van der Waals surface area contributed by atoms with Gasteiger partial charge >= 0.3 is 17.9 Å². The number of carbonyl (C=O) groups excluding carboxylic acids is 3. The van der Waals surface area contributed by atoms with Gasteiger partial charge in [-0.1, -0.05) is 26.8 Å². The van der Waals surface area contributed by atoms with Crippen molar-refractivity contribution in [2.45, 2.75) is 83.9 Å². The number of esters is 3. The molecule has 10 atom stereocenters. The van der Waals surface area contributed by atoms with Gasteiger partial charge in [0.15, 0.2) is 5.79 Å². The summed E-state index contributed by atoms with van der Waals surface area (Å²) in [6.45, 7) is 9.22. The predicted molar refractivity (Wildman–Crippen MR) is 146 cm³/mol. The molecule has 4 heterocycles. The van der Waals surface area contributed by atoms with Crippen LogP contribution in [0.2, 0.25) is 0 Å². The van der Waals surface area contributed by atoms with Gasteiger partial charge in [0, 0.05) is 45.8 Å². The quantitative estimate of drug-likeness (QED) is 0.298. The lowest BCUT2D eigenvalue weighted by atomic mass is 9.34. The summed E-state index contributed by atoms with van der Waals surface area (Å²) in [5.41, 5.74) is -2.81. The van der Waals surface area contributed by atoms with Gasteiger partial charge in [0.1, 0.15) is 12.2 Å². The zero-order valence-electron chi connectivity index (χ0n) is 25.0. The van der Waals surface area contributed by atoms with E-state index in [1.165, 1.54) is 19.4 Å². The molecule has 0 aromatic carbocycles. The van der Waals surface area contributed by atoms with Crippen LogP contribution in [0.1, 0.15) is 72.0 Å². The number of rotatable bonds is 5. The predicted octanol–water partition coefficient (Wildman–Crippen LogP) is 3.77. The largest absolute Gasteiger partial charge is 0.472 e. The molecular weight excluding hydrogens is 544 g/mol. The second kappa shape index (κ2) is 9.27. The van der Waals surface area contributed by atoms with Gasteiger partial charge in [-0.15, -0.1) is 0 Å².